The number of carboxylic acids is 1. The Hall–Kier alpha value is -1.35. The van der Waals surface area contributed by atoms with Crippen molar-refractivity contribution < 1.29 is 23.1 Å². The molecule has 0 spiro atoms. The molecule has 1 heterocycles. The molecule has 1 unspecified atom stereocenters. The largest absolute Gasteiger partial charge is 0.481 e. The van der Waals surface area contributed by atoms with E-state index in [1.54, 1.807) is 0 Å². The molecular formula is C45H71FN2O4S. The van der Waals surface area contributed by atoms with Crippen molar-refractivity contribution in [3.8, 4) is 0 Å². The Morgan fingerprint density at radius 2 is 1.68 bits per heavy atom. The van der Waals surface area contributed by atoms with Gasteiger partial charge in [0.15, 0.2) is 11.1 Å². The molecule has 1 aliphatic heterocycles. The number of hydrogen-bond donors (Lipinski definition) is 3. The van der Waals surface area contributed by atoms with E-state index in [9.17, 15) is 23.1 Å². The first-order valence-electron chi connectivity index (χ1n) is 21.4. The first-order valence-corrected chi connectivity index (χ1v) is 22.6. The molecule has 0 aromatic heterocycles. The fraction of sp³-hybridized carbons (Fsp3) is 0.844. The zero-order chi connectivity index (χ0) is 38.2. The predicted octanol–water partition coefficient (Wildman–Crippen LogP) is 9.75. The maximum Gasteiger partial charge on any atom is 0.310 e. The van der Waals surface area contributed by atoms with E-state index in [2.05, 4.69) is 70.5 Å². The summed E-state index contributed by atoms with van der Waals surface area (Å²) in [5.41, 5.74) is 4.13. The second kappa shape index (κ2) is 14.2. The maximum atomic E-state index is 13.4. The summed E-state index contributed by atoms with van der Waals surface area (Å²) in [5, 5.41) is 14.2. The van der Waals surface area contributed by atoms with Gasteiger partial charge in [-0.25, -0.2) is 4.21 Å². The number of rotatable bonds is 10. The number of likely N-dealkylation sites (tertiary alicyclic amines) is 1. The number of carbonyl (C=O) groups is 1. The van der Waals surface area contributed by atoms with Gasteiger partial charge in [0.25, 0.3) is 0 Å². The summed E-state index contributed by atoms with van der Waals surface area (Å²) in [6.45, 7) is 23.2. The van der Waals surface area contributed by atoms with Crippen LogP contribution < -0.4 is 5.32 Å². The lowest BCUT2D eigenvalue weighted by Crippen LogP contribution is -2.68. The van der Waals surface area contributed by atoms with Crippen LogP contribution in [0, 0.1) is 56.7 Å². The Balaban J connectivity index is 1.11. The molecule has 298 valence electrons. The molecular weight excluding hydrogens is 684 g/mol. The normalized spacial score (nSPS) is 44.8. The average Bonchev–Trinajstić information content (AvgIpc) is 3.49. The van der Waals surface area contributed by atoms with Crippen LogP contribution in [-0.2, 0) is 15.9 Å². The second-order valence-corrected chi connectivity index (χ2v) is 21.8. The van der Waals surface area contributed by atoms with Crippen LogP contribution in [-0.4, -0.2) is 68.4 Å². The van der Waals surface area contributed by atoms with Crippen molar-refractivity contribution in [2.45, 2.75) is 149 Å². The Kier molecular flexibility index (Phi) is 10.7. The molecule has 7 aliphatic rings. The van der Waals surface area contributed by atoms with Crippen LogP contribution in [0.1, 0.15) is 138 Å². The van der Waals surface area contributed by atoms with E-state index in [0.29, 0.717) is 42.4 Å². The van der Waals surface area contributed by atoms with Gasteiger partial charge in [-0.15, -0.1) is 0 Å². The molecule has 6 nitrogen and oxygen atoms in total. The Morgan fingerprint density at radius 1 is 0.943 bits per heavy atom. The number of nitrogens with one attached hydrogen (secondary N) is 1. The Morgan fingerprint density at radius 3 is 2.30 bits per heavy atom. The number of nitrogens with zero attached hydrogens (tertiary/aromatic N) is 1. The van der Waals surface area contributed by atoms with Crippen molar-refractivity contribution in [1.82, 2.24) is 10.2 Å². The third-order valence-electron chi connectivity index (χ3n) is 18.4. The summed E-state index contributed by atoms with van der Waals surface area (Å²) < 4.78 is 34.7. The quantitative estimate of drug-likeness (QED) is 0.152. The molecule has 7 rings (SSSR count). The number of halogens is 1. The van der Waals surface area contributed by atoms with E-state index < -0.39 is 29.1 Å². The molecule has 6 aliphatic carbocycles. The molecule has 0 bridgehead atoms. The maximum absolute atomic E-state index is 13.4. The molecule has 5 fully saturated rings. The lowest BCUT2D eigenvalue weighted by atomic mass is 9.33. The van der Waals surface area contributed by atoms with Gasteiger partial charge in [0, 0.05) is 18.6 Å². The van der Waals surface area contributed by atoms with Crippen LogP contribution in [0.3, 0.4) is 0 Å². The number of aliphatic carboxylic acids is 1. The monoisotopic (exact) mass is 755 g/mol. The fourth-order valence-electron chi connectivity index (χ4n) is 15.3. The lowest BCUT2D eigenvalue weighted by Gasteiger charge is -2.72. The van der Waals surface area contributed by atoms with E-state index >= 15 is 0 Å². The minimum atomic E-state index is -1.70. The summed E-state index contributed by atoms with van der Waals surface area (Å²) in [6.07, 6.45) is 19.4. The van der Waals surface area contributed by atoms with Gasteiger partial charge in [-0.3, -0.25) is 9.18 Å². The number of allylic oxidation sites excluding steroid dienone is 5. The molecule has 8 heteroatoms. The molecule has 0 radical (unpaired) electrons. The number of fused-ring (bicyclic) bond motifs is 7. The van der Waals surface area contributed by atoms with E-state index in [1.807, 2.05) is 0 Å². The third kappa shape index (κ3) is 6.24. The molecule has 0 amide bonds. The van der Waals surface area contributed by atoms with Crippen LogP contribution in [0.15, 0.2) is 35.5 Å². The van der Waals surface area contributed by atoms with Gasteiger partial charge in [-0.05, 0) is 179 Å². The highest BCUT2D eigenvalue weighted by atomic mass is 32.2. The average molecular weight is 755 g/mol. The summed E-state index contributed by atoms with van der Waals surface area (Å²) >= 11 is -1.70. The van der Waals surface area contributed by atoms with Crippen LogP contribution in [0.5, 0.6) is 0 Å². The molecule has 3 N–H and O–H groups in total. The van der Waals surface area contributed by atoms with Crippen molar-refractivity contribution in [1.29, 1.82) is 0 Å². The van der Waals surface area contributed by atoms with E-state index in [0.717, 1.165) is 51.9 Å². The summed E-state index contributed by atoms with van der Waals surface area (Å²) in [7, 11) is 0. The van der Waals surface area contributed by atoms with Gasteiger partial charge in [0.2, 0.25) is 0 Å². The minimum Gasteiger partial charge on any atom is -0.481 e. The van der Waals surface area contributed by atoms with Crippen molar-refractivity contribution in [3.63, 3.8) is 0 Å². The second-order valence-electron chi connectivity index (χ2n) is 20.6. The van der Waals surface area contributed by atoms with E-state index in [4.69, 9.17) is 0 Å². The SMILES string of the molecule is C=C(C)[C@@H]1CC[C@]2(NCCN3CCC(S(=O)O)CC3)CC[C@]3(C)[C@H](CC[C@@H]4[C@@]5(C)CC=C(C6=CC[C@@](CCF)(C(=O)O)CC6)C(C)(C)[C@@H]5CC[C@]43C)[C@@H]12. The topological polar surface area (TPSA) is 89.9 Å². The zero-order valence-electron chi connectivity index (χ0n) is 33.9. The lowest BCUT2D eigenvalue weighted by molar-refractivity contribution is -0.221. The van der Waals surface area contributed by atoms with Crippen LogP contribution in [0.25, 0.3) is 0 Å². The van der Waals surface area contributed by atoms with E-state index in [-0.39, 0.29) is 38.9 Å². The molecule has 11 atom stereocenters. The van der Waals surface area contributed by atoms with Gasteiger partial charge in [-0.2, -0.15) is 0 Å². The number of carboxylic acid groups (broad SMARTS) is 1. The number of piperidine rings is 1. The third-order valence-corrected chi connectivity index (χ3v) is 19.4. The van der Waals surface area contributed by atoms with Crippen molar-refractivity contribution in [2.24, 2.45) is 56.7 Å². The fourth-order valence-corrected chi connectivity index (χ4v) is 15.9. The number of alkyl halides is 1. The van der Waals surface area contributed by atoms with Crippen LogP contribution in [0.2, 0.25) is 0 Å². The van der Waals surface area contributed by atoms with Crippen molar-refractivity contribution >= 4 is 17.0 Å². The van der Waals surface area contributed by atoms with Crippen molar-refractivity contribution in [3.05, 3.63) is 35.5 Å². The van der Waals surface area contributed by atoms with Crippen LogP contribution in [0.4, 0.5) is 4.39 Å². The zero-order valence-corrected chi connectivity index (χ0v) is 34.7. The summed E-state index contributed by atoms with van der Waals surface area (Å²) in [6, 6.07) is 0. The smallest absolute Gasteiger partial charge is 0.310 e. The first-order chi connectivity index (χ1) is 25.0. The van der Waals surface area contributed by atoms with Crippen LogP contribution >= 0.6 is 0 Å². The Bertz CT molecular complexity index is 1540. The van der Waals surface area contributed by atoms with Crippen molar-refractivity contribution in [2.75, 3.05) is 32.9 Å². The minimum absolute atomic E-state index is 0.00775. The summed E-state index contributed by atoms with van der Waals surface area (Å²) in [5.74, 6) is 2.27. The molecule has 1 saturated heterocycles. The first kappa shape index (κ1) is 39.9. The van der Waals surface area contributed by atoms with Gasteiger partial charge < -0.3 is 19.9 Å². The standard InChI is InChI=1S/C45H71FN2O4S/c1-30(2)33-12-21-45(47-26-29-48-27-15-32(16-28-48)53(51)52)23-22-42(6)35(38(33)45)8-9-37-41(5)17-13-34(40(3,4)36(41)14-18-43(37,42)7)31-10-19-44(20-11-31,24-25-46)39(49)50/h10,13,32-33,35-38,47H,1,8-9,11-12,14-29H2,2-7H3,(H,49,50)(H,51,52)/t33-,35+,36-,37+,38+,41-,42+,43+,44+,45-/m0/s1. The van der Waals surface area contributed by atoms with Gasteiger partial charge in [0.1, 0.15) is 0 Å². The molecule has 0 aromatic carbocycles. The summed E-state index contributed by atoms with van der Waals surface area (Å²) in [4.78, 5) is 14.7. The molecule has 53 heavy (non-hydrogen) atoms. The van der Waals surface area contributed by atoms with Gasteiger partial charge in [0.05, 0.1) is 17.3 Å². The highest BCUT2D eigenvalue weighted by Gasteiger charge is 2.70. The highest BCUT2D eigenvalue weighted by molar-refractivity contribution is 7.79. The Labute approximate surface area is 322 Å². The number of hydrogen-bond acceptors (Lipinski definition) is 4. The van der Waals surface area contributed by atoms with Gasteiger partial charge in [-0.1, -0.05) is 58.9 Å². The van der Waals surface area contributed by atoms with Gasteiger partial charge >= 0.3 is 5.97 Å². The molecule has 4 saturated carbocycles. The van der Waals surface area contributed by atoms with E-state index in [1.165, 1.54) is 68.1 Å². The molecule has 0 aromatic rings. The predicted molar refractivity (Wildman–Crippen MR) is 214 cm³/mol. The highest BCUT2D eigenvalue weighted by Crippen LogP contribution is 2.76.